The lowest BCUT2D eigenvalue weighted by Gasteiger charge is -2.28. The van der Waals surface area contributed by atoms with Crippen molar-refractivity contribution >= 4 is 10.0 Å². The number of rotatable bonds is 3. The summed E-state index contributed by atoms with van der Waals surface area (Å²) >= 11 is 0. The third kappa shape index (κ3) is 2.98. The van der Waals surface area contributed by atoms with Gasteiger partial charge in [-0.15, -0.1) is 0 Å². The van der Waals surface area contributed by atoms with Crippen LogP contribution in [-0.2, 0) is 10.0 Å². The number of benzene rings is 1. The monoisotopic (exact) mass is 285 g/mol. The molecule has 0 aliphatic carbocycles. The Labute approximate surface area is 114 Å². The van der Waals surface area contributed by atoms with E-state index in [1.165, 1.54) is 22.5 Å². The maximum Gasteiger partial charge on any atom is 0.246 e. The summed E-state index contributed by atoms with van der Waals surface area (Å²) in [7, 11) is -3.72. The van der Waals surface area contributed by atoms with E-state index in [1.54, 1.807) is 6.07 Å². The van der Waals surface area contributed by atoms with Crippen molar-refractivity contribution in [2.24, 2.45) is 0 Å². The summed E-state index contributed by atoms with van der Waals surface area (Å²) in [5, 5.41) is 0. The van der Waals surface area contributed by atoms with Gasteiger partial charge in [-0.2, -0.15) is 4.31 Å². The Bertz CT molecular complexity index is 530. The molecule has 106 valence electrons. The molecule has 2 rings (SSSR count). The number of sulfonamides is 1. The second kappa shape index (κ2) is 6.01. The van der Waals surface area contributed by atoms with Gasteiger partial charge < -0.3 is 0 Å². The number of hydrogen-bond donors (Lipinski definition) is 0. The molecular formula is C14H20FNO2S. The van der Waals surface area contributed by atoms with Crippen molar-refractivity contribution < 1.29 is 12.8 Å². The highest BCUT2D eigenvalue weighted by molar-refractivity contribution is 7.89. The third-order valence-electron chi connectivity index (χ3n) is 3.72. The van der Waals surface area contributed by atoms with Crippen LogP contribution in [0.2, 0.25) is 0 Å². The van der Waals surface area contributed by atoms with E-state index < -0.39 is 15.8 Å². The van der Waals surface area contributed by atoms with Gasteiger partial charge in [0.15, 0.2) is 0 Å². The van der Waals surface area contributed by atoms with E-state index in [2.05, 4.69) is 0 Å². The molecule has 1 fully saturated rings. The van der Waals surface area contributed by atoms with Gasteiger partial charge in [0.05, 0.1) is 0 Å². The molecule has 0 radical (unpaired) electrons. The molecule has 0 aromatic heterocycles. The Morgan fingerprint density at radius 1 is 1.26 bits per heavy atom. The predicted octanol–water partition coefficient (Wildman–Crippen LogP) is 3.17. The first-order valence-corrected chi connectivity index (χ1v) is 8.27. The summed E-state index contributed by atoms with van der Waals surface area (Å²) in [5.41, 5.74) is 0. The summed E-state index contributed by atoms with van der Waals surface area (Å²) in [4.78, 5) is -0.199. The maximum absolute atomic E-state index is 13.8. The lowest BCUT2D eigenvalue weighted by Crippen LogP contribution is -2.39. The Balaban J connectivity index is 2.39. The fourth-order valence-corrected chi connectivity index (χ4v) is 4.49. The molecule has 5 heteroatoms. The van der Waals surface area contributed by atoms with Gasteiger partial charge in [-0.25, -0.2) is 12.8 Å². The Morgan fingerprint density at radius 2 is 2.00 bits per heavy atom. The topological polar surface area (TPSA) is 37.4 Å². The normalized spacial score (nSPS) is 22.1. The highest BCUT2D eigenvalue weighted by atomic mass is 32.2. The molecule has 1 saturated heterocycles. The lowest BCUT2D eigenvalue weighted by atomic mass is 10.1. The molecule has 0 saturated carbocycles. The molecule has 19 heavy (non-hydrogen) atoms. The summed E-state index contributed by atoms with van der Waals surface area (Å²) in [5.74, 6) is -0.665. The van der Waals surface area contributed by atoms with Crippen LogP contribution in [0.25, 0.3) is 0 Å². The Kier molecular flexibility index (Phi) is 4.58. The van der Waals surface area contributed by atoms with Gasteiger partial charge in [0.1, 0.15) is 10.7 Å². The first kappa shape index (κ1) is 14.5. The van der Waals surface area contributed by atoms with Gasteiger partial charge in [0, 0.05) is 12.6 Å². The quantitative estimate of drug-likeness (QED) is 0.855. The molecule has 1 aromatic rings. The van der Waals surface area contributed by atoms with Crippen LogP contribution in [-0.4, -0.2) is 25.3 Å². The molecule has 3 nitrogen and oxygen atoms in total. The number of hydrogen-bond acceptors (Lipinski definition) is 2. The van der Waals surface area contributed by atoms with E-state index in [4.69, 9.17) is 0 Å². The van der Waals surface area contributed by atoms with Crippen LogP contribution < -0.4 is 0 Å². The van der Waals surface area contributed by atoms with Crippen molar-refractivity contribution in [1.82, 2.24) is 4.31 Å². The van der Waals surface area contributed by atoms with Gasteiger partial charge in [-0.3, -0.25) is 0 Å². The van der Waals surface area contributed by atoms with Crippen LogP contribution in [0.5, 0.6) is 0 Å². The molecule has 1 heterocycles. The second-order valence-corrected chi connectivity index (χ2v) is 6.82. The second-order valence-electron chi connectivity index (χ2n) is 4.96. The molecule has 0 N–H and O–H groups in total. The lowest BCUT2D eigenvalue weighted by molar-refractivity contribution is 0.313. The fourth-order valence-electron chi connectivity index (χ4n) is 2.66. The van der Waals surface area contributed by atoms with Gasteiger partial charge >= 0.3 is 0 Å². The zero-order valence-electron chi connectivity index (χ0n) is 11.2. The smallest absolute Gasteiger partial charge is 0.207 e. The summed E-state index contributed by atoms with van der Waals surface area (Å²) < 4.78 is 40.5. The molecule has 1 aliphatic heterocycles. The highest BCUT2D eigenvalue weighted by Gasteiger charge is 2.32. The minimum absolute atomic E-state index is 0.00731. The first-order valence-electron chi connectivity index (χ1n) is 6.83. The highest BCUT2D eigenvalue weighted by Crippen LogP contribution is 2.27. The van der Waals surface area contributed by atoms with Crippen molar-refractivity contribution in [2.45, 2.75) is 50.0 Å². The maximum atomic E-state index is 13.8. The average molecular weight is 285 g/mol. The fraction of sp³-hybridized carbons (Fsp3) is 0.571. The molecule has 1 aliphatic rings. The van der Waals surface area contributed by atoms with Crippen molar-refractivity contribution in [3.05, 3.63) is 30.1 Å². The zero-order chi connectivity index (χ0) is 13.9. The third-order valence-corrected chi connectivity index (χ3v) is 5.70. The van der Waals surface area contributed by atoms with E-state index in [0.29, 0.717) is 6.54 Å². The van der Waals surface area contributed by atoms with Gasteiger partial charge in [-0.1, -0.05) is 31.9 Å². The van der Waals surface area contributed by atoms with Crippen molar-refractivity contribution in [2.75, 3.05) is 6.54 Å². The van der Waals surface area contributed by atoms with Crippen LogP contribution in [0.3, 0.4) is 0 Å². The molecular weight excluding hydrogens is 265 g/mol. The van der Waals surface area contributed by atoms with E-state index in [1.807, 2.05) is 6.92 Å². The number of nitrogens with zero attached hydrogens (tertiary/aromatic N) is 1. The summed E-state index contributed by atoms with van der Waals surface area (Å²) in [6.07, 6.45) is 4.57. The van der Waals surface area contributed by atoms with E-state index in [0.717, 1.165) is 32.1 Å². The molecule has 1 atom stereocenters. The van der Waals surface area contributed by atoms with E-state index in [9.17, 15) is 12.8 Å². The van der Waals surface area contributed by atoms with Crippen molar-refractivity contribution in [3.63, 3.8) is 0 Å². The number of halogens is 1. The standard InChI is InChI=1S/C14H20FNO2S/c1-2-12-8-4-3-7-11-16(12)19(17,18)14-10-6-5-9-13(14)15/h5-6,9-10,12H,2-4,7-8,11H2,1H3. The summed E-state index contributed by atoms with van der Waals surface area (Å²) in [6.45, 7) is 2.48. The minimum Gasteiger partial charge on any atom is -0.207 e. The first-order chi connectivity index (χ1) is 9.07. The largest absolute Gasteiger partial charge is 0.246 e. The van der Waals surface area contributed by atoms with Gasteiger partial charge in [-0.05, 0) is 31.4 Å². The van der Waals surface area contributed by atoms with Gasteiger partial charge in [0.2, 0.25) is 10.0 Å². The van der Waals surface area contributed by atoms with Crippen molar-refractivity contribution in [3.8, 4) is 0 Å². The molecule has 0 amide bonds. The van der Waals surface area contributed by atoms with E-state index in [-0.39, 0.29) is 10.9 Å². The Morgan fingerprint density at radius 3 is 2.68 bits per heavy atom. The minimum atomic E-state index is -3.72. The molecule has 1 aromatic carbocycles. The van der Waals surface area contributed by atoms with E-state index >= 15 is 0 Å². The zero-order valence-corrected chi connectivity index (χ0v) is 12.0. The Hall–Kier alpha value is -0.940. The molecule has 1 unspecified atom stereocenters. The summed E-state index contributed by atoms with van der Waals surface area (Å²) in [6, 6.07) is 5.61. The average Bonchev–Trinajstić information content (AvgIpc) is 2.64. The van der Waals surface area contributed by atoms with Crippen LogP contribution in [0.15, 0.2) is 29.2 Å². The van der Waals surface area contributed by atoms with Gasteiger partial charge in [0.25, 0.3) is 0 Å². The SMILES string of the molecule is CCC1CCCCCN1S(=O)(=O)c1ccccc1F. The predicted molar refractivity (Wildman–Crippen MR) is 72.8 cm³/mol. The van der Waals surface area contributed by atoms with Crippen molar-refractivity contribution in [1.29, 1.82) is 0 Å². The van der Waals surface area contributed by atoms with Crippen LogP contribution >= 0.6 is 0 Å². The van der Waals surface area contributed by atoms with Crippen LogP contribution in [0.4, 0.5) is 4.39 Å². The molecule has 0 spiro atoms. The van der Waals surface area contributed by atoms with Crippen LogP contribution in [0, 0.1) is 5.82 Å². The van der Waals surface area contributed by atoms with Crippen LogP contribution in [0.1, 0.15) is 39.0 Å². The molecule has 0 bridgehead atoms.